The molecule has 0 unspecified atom stereocenters. The van der Waals surface area contributed by atoms with Crippen LogP contribution in [0.2, 0.25) is 0 Å². The molecule has 1 aromatic carbocycles. The van der Waals surface area contributed by atoms with Gasteiger partial charge in [-0.1, -0.05) is 24.3 Å². The highest BCUT2D eigenvalue weighted by molar-refractivity contribution is 7.91. The minimum Gasteiger partial charge on any atom is -0.326 e. The van der Waals surface area contributed by atoms with Gasteiger partial charge in [-0.25, -0.2) is 8.42 Å². The van der Waals surface area contributed by atoms with Crippen molar-refractivity contribution < 1.29 is 8.42 Å². The SMILES string of the molecule is Cc1ccccc1CN(C)S(=O)(=O)c1ccc(CN)s1. The fraction of sp³-hybridized carbons (Fsp3) is 0.286. The molecule has 20 heavy (non-hydrogen) atoms. The summed E-state index contributed by atoms with van der Waals surface area (Å²) in [5.41, 5.74) is 7.62. The van der Waals surface area contributed by atoms with Crippen molar-refractivity contribution in [2.45, 2.75) is 24.2 Å². The molecule has 0 aliphatic heterocycles. The molecule has 1 aromatic heterocycles. The van der Waals surface area contributed by atoms with E-state index in [0.29, 0.717) is 17.3 Å². The molecule has 0 radical (unpaired) electrons. The molecule has 0 bridgehead atoms. The first-order chi connectivity index (χ1) is 9.45. The number of aryl methyl sites for hydroxylation is 1. The van der Waals surface area contributed by atoms with Crippen LogP contribution in [0.5, 0.6) is 0 Å². The Labute approximate surface area is 123 Å². The third-order valence-corrected chi connectivity index (χ3v) is 6.54. The van der Waals surface area contributed by atoms with Crippen LogP contribution in [0.1, 0.15) is 16.0 Å². The van der Waals surface area contributed by atoms with Crippen LogP contribution in [0.15, 0.2) is 40.6 Å². The molecule has 0 saturated heterocycles. The predicted molar refractivity (Wildman–Crippen MR) is 82.0 cm³/mol. The van der Waals surface area contributed by atoms with Gasteiger partial charge in [-0.3, -0.25) is 0 Å². The highest BCUT2D eigenvalue weighted by atomic mass is 32.2. The number of nitrogens with zero attached hydrogens (tertiary/aromatic N) is 1. The molecule has 1 heterocycles. The van der Waals surface area contributed by atoms with Gasteiger partial charge in [0.15, 0.2) is 0 Å². The van der Waals surface area contributed by atoms with Crippen LogP contribution < -0.4 is 5.73 Å². The Morgan fingerprint density at radius 1 is 1.20 bits per heavy atom. The molecule has 6 heteroatoms. The second-order valence-electron chi connectivity index (χ2n) is 4.61. The van der Waals surface area contributed by atoms with E-state index in [1.807, 2.05) is 31.2 Å². The van der Waals surface area contributed by atoms with Crippen LogP contribution in [0, 0.1) is 6.92 Å². The molecule has 108 valence electrons. The van der Waals surface area contributed by atoms with E-state index in [1.54, 1.807) is 19.2 Å². The van der Waals surface area contributed by atoms with E-state index in [4.69, 9.17) is 5.73 Å². The van der Waals surface area contributed by atoms with E-state index in [0.717, 1.165) is 16.0 Å². The number of rotatable bonds is 5. The highest BCUT2D eigenvalue weighted by Crippen LogP contribution is 2.25. The van der Waals surface area contributed by atoms with Crippen molar-refractivity contribution in [3.8, 4) is 0 Å². The van der Waals surface area contributed by atoms with E-state index < -0.39 is 10.0 Å². The normalized spacial score (nSPS) is 12.0. The standard InChI is InChI=1S/C14H18N2O2S2/c1-11-5-3-4-6-12(11)10-16(2)20(17,18)14-8-7-13(9-15)19-14/h3-8H,9-10,15H2,1-2H3. The van der Waals surface area contributed by atoms with Crippen LogP contribution >= 0.6 is 11.3 Å². The van der Waals surface area contributed by atoms with Crippen LogP contribution in [0.3, 0.4) is 0 Å². The summed E-state index contributed by atoms with van der Waals surface area (Å²) in [5, 5.41) is 0. The first-order valence-electron chi connectivity index (χ1n) is 6.25. The number of nitrogens with two attached hydrogens (primary N) is 1. The number of hydrogen-bond acceptors (Lipinski definition) is 4. The fourth-order valence-corrected chi connectivity index (χ4v) is 4.47. The third-order valence-electron chi connectivity index (χ3n) is 3.16. The molecule has 0 atom stereocenters. The maximum absolute atomic E-state index is 12.5. The van der Waals surface area contributed by atoms with Crippen molar-refractivity contribution in [1.29, 1.82) is 0 Å². The molecule has 2 rings (SSSR count). The van der Waals surface area contributed by atoms with Gasteiger partial charge < -0.3 is 5.73 Å². The van der Waals surface area contributed by atoms with Crippen molar-refractivity contribution in [2.24, 2.45) is 5.73 Å². The van der Waals surface area contributed by atoms with Crippen molar-refractivity contribution in [3.05, 3.63) is 52.4 Å². The van der Waals surface area contributed by atoms with Crippen LogP contribution in [0.4, 0.5) is 0 Å². The van der Waals surface area contributed by atoms with Crippen LogP contribution in [-0.2, 0) is 23.1 Å². The van der Waals surface area contributed by atoms with Gasteiger partial charge in [0.2, 0.25) is 0 Å². The Balaban J connectivity index is 2.23. The minimum atomic E-state index is -3.45. The molecule has 2 aromatic rings. The Bertz CT molecular complexity index is 693. The molecule has 0 aliphatic carbocycles. The largest absolute Gasteiger partial charge is 0.326 e. The van der Waals surface area contributed by atoms with Crippen molar-refractivity contribution in [2.75, 3.05) is 7.05 Å². The Morgan fingerprint density at radius 2 is 1.90 bits per heavy atom. The highest BCUT2D eigenvalue weighted by Gasteiger charge is 2.23. The van der Waals surface area contributed by atoms with Gasteiger partial charge in [-0.05, 0) is 30.2 Å². The monoisotopic (exact) mass is 310 g/mol. The average molecular weight is 310 g/mol. The molecular weight excluding hydrogens is 292 g/mol. The average Bonchev–Trinajstić information content (AvgIpc) is 2.90. The first-order valence-corrected chi connectivity index (χ1v) is 8.50. The van der Waals surface area contributed by atoms with E-state index in [9.17, 15) is 8.42 Å². The van der Waals surface area contributed by atoms with E-state index in [2.05, 4.69) is 0 Å². The van der Waals surface area contributed by atoms with Gasteiger partial charge in [0.05, 0.1) is 0 Å². The van der Waals surface area contributed by atoms with Gasteiger partial charge in [0.25, 0.3) is 10.0 Å². The number of thiophene rings is 1. The summed E-state index contributed by atoms with van der Waals surface area (Å²) in [6.07, 6.45) is 0. The zero-order valence-corrected chi connectivity index (χ0v) is 13.2. The molecule has 0 amide bonds. The van der Waals surface area contributed by atoms with Crippen LogP contribution in [0.25, 0.3) is 0 Å². The Morgan fingerprint density at radius 3 is 2.50 bits per heavy atom. The lowest BCUT2D eigenvalue weighted by Gasteiger charge is -2.17. The quantitative estimate of drug-likeness (QED) is 0.922. The summed E-state index contributed by atoms with van der Waals surface area (Å²) < 4.78 is 26.7. The van der Waals surface area contributed by atoms with Crippen molar-refractivity contribution in [1.82, 2.24) is 4.31 Å². The summed E-state index contributed by atoms with van der Waals surface area (Å²) in [5.74, 6) is 0. The number of sulfonamides is 1. The third kappa shape index (κ3) is 3.09. The topological polar surface area (TPSA) is 63.4 Å². The summed E-state index contributed by atoms with van der Waals surface area (Å²) in [6.45, 7) is 2.71. The van der Waals surface area contributed by atoms with Gasteiger partial charge >= 0.3 is 0 Å². The van der Waals surface area contributed by atoms with E-state index >= 15 is 0 Å². The van der Waals surface area contributed by atoms with Crippen molar-refractivity contribution >= 4 is 21.4 Å². The molecule has 0 spiro atoms. The summed E-state index contributed by atoms with van der Waals surface area (Å²) in [6, 6.07) is 11.2. The predicted octanol–water partition coefficient (Wildman–Crippen LogP) is 2.34. The molecule has 0 fully saturated rings. The second-order valence-corrected chi connectivity index (χ2v) is 8.05. The lowest BCUT2D eigenvalue weighted by Crippen LogP contribution is -2.26. The van der Waals surface area contributed by atoms with Gasteiger partial charge in [0, 0.05) is 25.0 Å². The number of hydrogen-bond donors (Lipinski definition) is 1. The summed E-state index contributed by atoms with van der Waals surface area (Å²) in [4.78, 5) is 0.868. The molecule has 0 saturated carbocycles. The fourth-order valence-electron chi connectivity index (χ4n) is 1.87. The zero-order chi connectivity index (χ0) is 14.8. The zero-order valence-electron chi connectivity index (χ0n) is 11.5. The maximum atomic E-state index is 12.5. The molecule has 2 N–H and O–H groups in total. The lowest BCUT2D eigenvalue weighted by molar-refractivity contribution is 0.467. The summed E-state index contributed by atoms with van der Waals surface area (Å²) >= 11 is 1.23. The van der Waals surface area contributed by atoms with E-state index in [1.165, 1.54) is 15.6 Å². The first kappa shape index (κ1) is 15.2. The molecule has 4 nitrogen and oxygen atoms in total. The van der Waals surface area contributed by atoms with Gasteiger partial charge in [0.1, 0.15) is 4.21 Å². The molecular formula is C14H18N2O2S2. The maximum Gasteiger partial charge on any atom is 0.252 e. The molecule has 0 aliphatic rings. The number of benzene rings is 1. The van der Waals surface area contributed by atoms with Gasteiger partial charge in [-0.2, -0.15) is 4.31 Å². The second kappa shape index (κ2) is 6.05. The lowest BCUT2D eigenvalue weighted by atomic mass is 10.1. The van der Waals surface area contributed by atoms with Crippen molar-refractivity contribution in [3.63, 3.8) is 0 Å². The van der Waals surface area contributed by atoms with Crippen LogP contribution in [-0.4, -0.2) is 19.8 Å². The Kier molecular flexibility index (Phi) is 4.59. The van der Waals surface area contributed by atoms with Gasteiger partial charge in [-0.15, -0.1) is 11.3 Å². The summed E-state index contributed by atoms with van der Waals surface area (Å²) in [7, 11) is -1.85. The smallest absolute Gasteiger partial charge is 0.252 e. The Hall–Kier alpha value is -1.21. The van der Waals surface area contributed by atoms with E-state index in [-0.39, 0.29) is 0 Å². The minimum absolute atomic E-state index is 0.342.